The fourth-order valence-electron chi connectivity index (χ4n) is 1.75. The third kappa shape index (κ3) is 4.91. The van der Waals surface area contributed by atoms with Gasteiger partial charge in [0.25, 0.3) is 0 Å². The first-order valence-corrected chi connectivity index (χ1v) is 8.41. The van der Waals surface area contributed by atoms with Crippen LogP contribution in [0.2, 0.25) is 10.0 Å². The third-order valence-corrected chi connectivity index (χ3v) is 4.73. The summed E-state index contributed by atoms with van der Waals surface area (Å²) in [6, 6.07) is 14.6. The number of anilines is 1. The number of rotatable bonds is 5. The van der Waals surface area contributed by atoms with Crippen molar-refractivity contribution in [1.29, 1.82) is 10.5 Å². The summed E-state index contributed by atoms with van der Waals surface area (Å²) in [5.41, 5.74) is 1.42. The summed E-state index contributed by atoms with van der Waals surface area (Å²) in [5, 5.41) is 22.5. The summed E-state index contributed by atoms with van der Waals surface area (Å²) < 4.78 is 13.0. The Morgan fingerprint density at radius 1 is 1.04 bits per heavy atom. The SMILES string of the molecule is N#CC(C#N)=C(Nc1ccc(F)cc1)SCc1ccc(Cl)c(Cl)c1. The second kappa shape index (κ2) is 8.61. The Hall–Kier alpha value is -2.18. The number of allylic oxidation sites excluding steroid dienone is 1. The topological polar surface area (TPSA) is 59.6 Å². The first-order chi connectivity index (χ1) is 11.5. The van der Waals surface area contributed by atoms with Crippen molar-refractivity contribution in [3.63, 3.8) is 0 Å². The number of hydrogen-bond acceptors (Lipinski definition) is 4. The van der Waals surface area contributed by atoms with E-state index in [9.17, 15) is 4.39 Å². The molecule has 0 amide bonds. The normalized spacial score (nSPS) is 9.71. The lowest BCUT2D eigenvalue weighted by atomic mass is 10.2. The Morgan fingerprint density at radius 2 is 1.71 bits per heavy atom. The van der Waals surface area contributed by atoms with E-state index < -0.39 is 0 Å². The van der Waals surface area contributed by atoms with Crippen LogP contribution in [0.1, 0.15) is 5.56 Å². The average Bonchev–Trinajstić information content (AvgIpc) is 2.58. The predicted octanol–water partition coefficient (Wildman–Crippen LogP) is 5.74. The zero-order chi connectivity index (χ0) is 17.5. The Kier molecular flexibility index (Phi) is 6.52. The number of benzene rings is 2. The molecule has 7 heteroatoms. The van der Waals surface area contributed by atoms with E-state index in [1.807, 2.05) is 18.2 Å². The summed E-state index contributed by atoms with van der Waals surface area (Å²) in [5.74, 6) is 0.114. The molecule has 0 aliphatic heterocycles. The van der Waals surface area contributed by atoms with Gasteiger partial charge < -0.3 is 5.32 Å². The Morgan fingerprint density at radius 3 is 2.29 bits per heavy atom. The molecule has 0 bridgehead atoms. The maximum atomic E-state index is 13.0. The van der Waals surface area contributed by atoms with Gasteiger partial charge in [0.1, 0.15) is 23.0 Å². The molecule has 0 radical (unpaired) electrons. The lowest BCUT2D eigenvalue weighted by Gasteiger charge is -2.11. The number of nitrogens with one attached hydrogen (secondary N) is 1. The molecule has 0 saturated carbocycles. The highest BCUT2D eigenvalue weighted by atomic mass is 35.5. The predicted molar refractivity (Wildman–Crippen MR) is 96.0 cm³/mol. The standard InChI is InChI=1S/C17H10Cl2FN3S/c18-15-6-1-11(7-16(15)19)10-24-17(12(8-21)9-22)23-14-4-2-13(20)3-5-14/h1-7,23H,10H2. The fourth-order valence-corrected chi connectivity index (χ4v) is 2.98. The molecule has 0 heterocycles. The molecular formula is C17H10Cl2FN3S. The highest BCUT2D eigenvalue weighted by Crippen LogP contribution is 2.29. The van der Waals surface area contributed by atoms with Gasteiger partial charge in [-0.25, -0.2) is 4.39 Å². The van der Waals surface area contributed by atoms with E-state index >= 15 is 0 Å². The lowest BCUT2D eigenvalue weighted by Crippen LogP contribution is -2.00. The van der Waals surface area contributed by atoms with Crippen molar-refractivity contribution in [2.75, 3.05) is 5.32 Å². The monoisotopic (exact) mass is 377 g/mol. The van der Waals surface area contributed by atoms with Crippen LogP contribution < -0.4 is 5.32 Å². The zero-order valence-electron chi connectivity index (χ0n) is 12.2. The molecule has 1 N–H and O–H groups in total. The van der Waals surface area contributed by atoms with E-state index in [0.29, 0.717) is 26.5 Å². The molecular weight excluding hydrogens is 368 g/mol. The van der Waals surface area contributed by atoms with Crippen LogP contribution in [0, 0.1) is 28.5 Å². The molecule has 0 saturated heterocycles. The molecule has 0 spiro atoms. The average molecular weight is 378 g/mol. The number of thioether (sulfide) groups is 1. The van der Waals surface area contributed by atoms with Gasteiger partial charge in [0, 0.05) is 11.4 Å². The minimum atomic E-state index is -0.365. The van der Waals surface area contributed by atoms with Gasteiger partial charge in [-0.15, -0.1) is 11.8 Å². The Bertz CT molecular complexity index is 836. The zero-order valence-corrected chi connectivity index (χ0v) is 14.5. The molecule has 0 unspecified atom stereocenters. The van der Waals surface area contributed by atoms with Crippen LogP contribution in [0.25, 0.3) is 0 Å². The second-order valence-electron chi connectivity index (χ2n) is 4.60. The molecule has 2 aromatic carbocycles. The molecule has 0 aliphatic rings. The molecule has 0 aliphatic carbocycles. The van der Waals surface area contributed by atoms with E-state index in [-0.39, 0.29) is 11.4 Å². The first-order valence-electron chi connectivity index (χ1n) is 6.67. The Labute approximate surface area is 153 Å². The molecule has 120 valence electrons. The van der Waals surface area contributed by atoms with Gasteiger partial charge in [-0.05, 0) is 42.0 Å². The molecule has 0 fully saturated rings. The van der Waals surface area contributed by atoms with E-state index in [4.69, 9.17) is 33.7 Å². The van der Waals surface area contributed by atoms with Gasteiger partial charge in [0.05, 0.1) is 10.0 Å². The quantitative estimate of drug-likeness (QED) is 0.675. The van der Waals surface area contributed by atoms with Crippen molar-refractivity contribution >= 4 is 40.7 Å². The van der Waals surface area contributed by atoms with Crippen LogP contribution in [-0.2, 0) is 5.75 Å². The highest BCUT2D eigenvalue weighted by molar-refractivity contribution is 8.02. The van der Waals surface area contributed by atoms with Crippen molar-refractivity contribution in [2.24, 2.45) is 0 Å². The van der Waals surface area contributed by atoms with E-state index in [1.165, 1.54) is 36.0 Å². The van der Waals surface area contributed by atoms with Gasteiger partial charge in [0.15, 0.2) is 5.57 Å². The van der Waals surface area contributed by atoms with Crippen LogP contribution >= 0.6 is 35.0 Å². The summed E-state index contributed by atoms with van der Waals surface area (Å²) in [4.78, 5) is 0. The van der Waals surface area contributed by atoms with Crippen LogP contribution in [-0.4, -0.2) is 0 Å². The van der Waals surface area contributed by atoms with Crippen molar-refractivity contribution in [3.8, 4) is 12.1 Å². The van der Waals surface area contributed by atoms with Gasteiger partial charge >= 0.3 is 0 Å². The van der Waals surface area contributed by atoms with Gasteiger partial charge in [0.2, 0.25) is 0 Å². The third-order valence-electron chi connectivity index (χ3n) is 2.92. The second-order valence-corrected chi connectivity index (χ2v) is 6.40. The summed E-state index contributed by atoms with van der Waals surface area (Å²) in [6.45, 7) is 0. The summed E-state index contributed by atoms with van der Waals surface area (Å²) >= 11 is 13.1. The molecule has 2 aromatic rings. The van der Waals surface area contributed by atoms with E-state index in [2.05, 4.69) is 5.32 Å². The molecule has 0 aromatic heterocycles. The first kappa shape index (κ1) is 18.2. The van der Waals surface area contributed by atoms with Crippen molar-refractivity contribution in [3.05, 3.63) is 74.5 Å². The van der Waals surface area contributed by atoms with Crippen LogP contribution in [0.3, 0.4) is 0 Å². The number of nitriles is 2. The molecule has 24 heavy (non-hydrogen) atoms. The van der Waals surface area contributed by atoms with Crippen LogP contribution in [0.4, 0.5) is 10.1 Å². The smallest absolute Gasteiger partial charge is 0.159 e. The van der Waals surface area contributed by atoms with Crippen molar-refractivity contribution in [1.82, 2.24) is 0 Å². The maximum absolute atomic E-state index is 13.0. The van der Waals surface area contributed by atoms with Crippen molar-refractivity contribution in [2.45, 2.75) is 5.75 Å². The number of halogens is 3. The molecule has 3 nitrogen and oxygen atoms in total. The fraction of sp³-hybridized carbons (Fsp3) is 0.0588. The van der Waals surface area contributed by atoms with Gasteiger partial charge in [-0.3, -0.25) is 0 Å². The van der Waals surface area contributed by atoms with Gasteiger partial charge in [-0.2, -0.15) is 10.5 Å². The highest BCUT2D eigenvalue weighted by Gasteiger charge is 2.09. The van der Waals surface area contributed by atoms with E-state index in [0.717, 1.165) is 5.56 Å². The summed E-state index contributed by atoms with van der Waals surface area (Å²) in [6.07, 6.45) is 0. The molecule has 0 atom stereocenters. The maximum Gasteiger partial charge on any atom is 0.159 e. The number of nitrogens with zero attached hydrogens (tertiary/aromatic N) is 2. The lowest BCUT2D eigenvalue weighted by molar-refractivity contribution is 0.628. The minimum Gasteiger partial charge on any atom is -0.349 e. The van der Waals surface area contributed by atoms with Crippen LogP contribution in [0.15, 0.2) is 53.1 Å². The van der Waals surface area contributed by atoms with Crippen LogP contribution in [0.5, 0.6) is 0 Å². The summed E-state index contributed by atoms with van der Waals surface area (Å²) in [7, 11) is 0. The minimum absolute atomic E-state index is 0.0515. The van der Waals surface area contributed by atoms with E-state index in [1.54, 1.807) is 12.1 Å². The Balaban J connectivity index is 2.20. The largest absolute Gasteiger partial charge is 0.349 e. The van der Waals surface area contributed by atoms with Gasteiger partial charge in [-0.1, -0.05) is 29.3 Å². The van der Waals surface area contributed by atoms with Crippen molar-refractivity contribution < 1.29 is 4.39 Å². The number of hydrogen-bond donors (Lipinski definition) is 1. The molecule has 2 rings (SSSR count).